The molecule has 1 aromatic carbocycles. The highest BCUT2D eigenvalue weighted by atomic mass is 16.5. The maximum atomic E-state index is 13.2. The lowest BCUT2D eigenvalue weighted by Gasteiger charge is -2.34. The highest BCUT2D eigenvalue weighted by Crippen LogP contribution is 2.25. The third-order valence-corrected chi connectivity index (χ3v) is 4.64. The van der Waals surface area contributed by atoms with E-state index in [1.165, 1.54) is 0 Å². The summed E-state index contributed by atoms with van der Waals surface area (Å²) >= 11 is 0. The molecule has 0 saturated heterocycles. The second-order valence-corrected chi connectivity index (χ2v) is 7.67. The van der Waals surface area contributed by atoms with Crippen LogP contribution in [0.3, 0.4) is 0 Å². The van der Waals surface area contributed by atoms with Crippen molar-refractivity contribution >= 4 is 11.8 Å². The average molecular weight is 360 g/mol. The monoisotopic (exact) mass is 360 g/mol. The van der Waals surface area contributed by atoms with Crippen molar-refractivity contribution in [2.24, 2.45) is 23.0 Å². The lowest BCUT2D eigenvalue weighted by molar-refractivity contribution is -0.140. The first kappa shape index (κ1) is 21.7. The fourth-order valence-corrected chi connectivity index (χ4v) is 2.79. The van der Waals surface area contributed by atoms with Crippen molar-refractivity contribution in [1.82, 2.24) is 4.90 Å². The standard InChI is InChI=1S/C21H32N2O3/c1-7-8-18(15(2)3)19(24)23(14-21(4,5)20(22)25)13-16-9-11-17(26-6)12-10-16/h7,9-12,15,18H,1,8,13-14H2,2-6H3,(H2,22,25)/t18-/m0/s1. The van der Waals surface area contributed by atoms with E-state index in [4.69, 9.17) is 10.5 Å². The van der Waals surface area contributed by atoms with Gasteiger partial charge in [-0.1, -0.05) is 32.1 Å². The number of amides is 2. The van der Waals surface area contributed by atoms with Gasteiger partial charge >= 0.3 is 0 Å². The summed E-state index contributed by atoms with van der Waals surface area (Å²) in [4.78, 5) is 26.7. The van der Waals surface area contributed by atoms with Gasteiger partial charge in [0, 0.05) is 19.0 Å². The number of allylic oxidation sites excluding steroid dienone is 1. The predicted octanol–water partition coefficient (Wildman–Crippen LogP) is 3.38. The van der Waals surface area contributed by atoms with E-state index in [1.54, 1.807) is 31.9 Å². The maximum Gasteiger partial charge on any atom is 0.226 e. The molecule has 1 rings (SSSR count). The Morgan fingerprint density at radius 3 is 2.27 bits per heavy atom. The molecule has 0 aliphatic heterocycles. The van der Waals surface area contributed by atoms with Crippen molar-refractivity contribution in [2.75, 3.05) is 13.7 Å². The summed E-state index contributed by atoms with van der Waals surface area (Å²) in [5, 5.41) is 0. The molecule has 5 heteroatoms. The molecule has 2 amide bonds. The normalized spacial score (nSPS) is 12.5. The smallest absolute Gasteiger partial charge is 0.226 e. The number of carbonyl (C=O) groups is 2. The Morgan fingerprint density at radius 2 is 1.85 bits per heavy atom. The second kappa shape index (κ2) is 9.41. The Kier molecular flexibility index (Phi) is 7.87. The van der Waals surface area contributed by atoms with E-state index in [-0.39, 0.29) is 24.3 Å². The van der Waals surface area contributed by atoms with E-state index < -0.39 is 11.3 Å². The minimum atomic E-state index is -0.808. The zero-order valence-electron chi connectivity index (χ0n) is 16.6. The third-order valence-electron chi connectivity index (χ3n) is 4.64. The number of nitrogens with zero attached hydrogens (tertiary/aromatic N) is 1. The van der Waals surface area contributed by atoms with Gasteiger partial charge in [0.25, 0.3) is 0 Å². The van der Waals surface area contributed by atoms with Gasteiger partial charge in [-0.2, -0.15) is 0 Å². The van der Waals surface area contributed by atoms with Crippen LogP contribution in [0.25, 0.3) is 0 Å². The van der Waals surface area contributed by atoms with Crippen molar-refractivity contribution < 1.29 is 14.3 Å². The number of methoxy groups -OCH3 is 1. The number of hydrogen-bond acceptors (Lipinski definition) is 3. The Bertz CT molecular complexity index is 621. The van der Waals surface area contributed by atoms with Gasteiger partial charge in [-0.15, -0.1) is 6.58 Å². The summed E-state index contributed by atoms with van der Waals surface area (Å²) in [6.45, 7) is 12.0. The Hall–Kier alpha value is -2.30. The van der Waals surface area contributed by atoms with Crippen LogP contribution in [0.15, 0.2) is 36.9 Å². The highest BCUT2D eigenvalue weighted by Gasteiger charge is 2.33. The minimum absolute atomic E-state index is 0.0186. The molecule has 144 valence electrons. The van der Waals surface area contributed by atoms with E-state index in [1.807, 2.05) is 38.1 Å². The molecule has 0 heterocycles. The van der Waals surface area contributed by atoms with E-state index in [0.717, 1.165) is 11.3 Å². The molecule has 1 aromatic rings. The van der Waals surface area contributed by atoms with Crippen molar-refractivity contribution in [3.8, 4) is 5.75 Å². The average Bonchev–Trinajstić information content (AvgIpc) is 2.58. The molecule has 5 nitrogen and oxygen atoms in total. The molecule has 0 spiro atoms. The summed E-state index contributed by atoms with van der Waals surface area (Å²) in [6, 6.07) is 7.57. The fourth-order valence-electron chi connectivity index (χ4n) is 2.79. The first-order chi connectivity index (χ1) is 12.1. The third kappa shape index (κ3) is 5.90. The molecule has 0 fully saturated rings. The number of carbonyl (C=O) groups excluding carboxylic acids is 2. The minimum Gasteiger partial charge on any atom is -0.497 e. The predicted molar refractivity (Wildman–Crippen MR) is 105 cm³/mol. The van der Waals surface area contributed by atoms with Crippen LogP contribution in [0.4, 0.5) is 0 Å². The molecular formula is C21H32N2O3. The van der Waals surface area contributed by atoms with Crippen LogP contribution in [0.5, 0.6) is 5.75 Å². The highest BCUT2D eigenvalue weighted by molar-refractivity contribution is 5.83. The van der Waals surface area contributed by atoms with Gasteiger partial charge in [0.1, 0.15) is 5.75 Å². The van der Waals surface area contributed by atoms with E-state index >= 15 is 0 Å². The molecule has 0 saturated carbocycles. The van der Waals surface area contributed by atoms with Crippen molar-refractivity contribution in [3.05, 3.63) is 42.5 Å². The molecule has 0 aliphatic rings. The van der Waals surface area contributed by atoms with Gasteiger partial charge in [-0.05, 0) is 43.9 Å². The van der Waals surface area contributed by atoms with Crippen molar-refractivity contribution in [2.45, 2.75) is 40.7 Å². The van der Waals surface area contributed by atoms with Gasteiger partial charge in [0.2, 0.25) is 11.8 Å². The number of hydrogen-bond donors (Lipinski definition) is 1. The molecule has 1 atom stereocenters. The quantitative estimate of drug-likeness (QED) is 0.650. The van der Waals surface area contributed by atoms with Crippen LogP contribution in [-0.2, 0) is 16.1 Å². The van der Waals surface area contributed by atoms with Crippen molar-refractivity contribution in [1.29, 1.82) is 0 Å². The summed E-state index contributed by atoms with van der Waals surface area (Å²) in [6.07, 6.45) is 2.37. The van der Waals surface area contributed by atoms with Crippen LogP contribution in [0.1, 0.15) is 39.7 Å². The Labute approximate surface area is 157 Å². The SMILES string of the molecule is C=CC[C@H](C(=O)N(Cc1ccc(OC)cc1)CC(C)(C)C(N)=O)C(C)C. The lowest BCUT2D eigenvalue weighted by atomic mass is 9.88. The number of rotatable bonds is 10. The molecule has 0 radical (unpaired) electrons. The number of ether oxygens (including phenoxy) is 1. The molecule has 2 N–H and O–H groups in total. The zero-order chi connectivity index (χ0) is 19.9. The lowest BCUT2D eigenvalue weighted by Crippen LogP contribution is -2.47. The van der Waals surface area contributed by atoms with Gasteiger partial charge < -0.3 is 15.4 Å². The topological polar surface area (TPSA) is 72.6 Å². The molecule has 0 bridgehead atoms. The van der Waals surface area contributed by atoms with Crippen LogP contribution in [0, 0.1) is 17.3 Å². The summed E-state index contributed by atoms with van der Waals surface area (Å²) in [7, 11) is 1.61. The molecule has 26 heavy (non-hydrogen) atoms. The number of benzene rings is 1. The van der Waals surface area contributed by atoms with Gasteiger partial charge in [-0.3, -0.25) is 9.59 Å². The second-order valence-electron chi connectivity index (χ2n) is 7.67. The maximum absolute atomic E-state index is 13.2. The van der Waals surface area contributed by atoms with Crippen molar-refractivity contribution in [3.63, 3.8) is 0 Å². The number of nitrogens with two attached hydrogens (primary N) is 1. The van der Waals surface area contributed by atoms with Crippen LogP contribution < -0.4 is 10.5 Å². The molecule has 0 aromatic heterocycles. The van der Waals surface area contributed by atoms with Gasteiger partial charge in [0.05, 0.1) is 12.5 Å². The first-order valence-corrected chi connectivity index (χ1v) is 8.95. The molecule has 0 aliphatic carbocycles. The number of primary amides is 1. The van der Waals surface area contributed by atoms with Gasteiger partial charge in [-0.25, -0.2) is 0 Å². The summed E-state index contributed by atoms with van der Waals surface area (Å²) in [5.74, 6) is 0.362. The zero-order valence-corrected chi connectivity index (χ0v) is 16.6. The fraction of sp³-hybridized carbons (Fsp3) is 0.524. The van der Waals surface area contributed by atoms with E-state index in [9.17, 15) is 9.59 Å². The Balaban J connectivity index is 3.12. The van der Waals surface area contributed by atoms with Crippen LogP contribution in [0.2, 0.25) is 0 Å². The Morgan fingerprint density at radius 1 is 1.27 bits per heavy atom. The summed E-state index contributed by atoms with van der Waals surface area (Å²) in [5.41, 5.74) is 5.70. The van der Waals surface area contributed by atoms with Crippen LogP contribution >= 0.6 is 0 Å². The first-order valence-electron chi connectivity index (χ1n) is 8.95. The van der Waals surface area contributed by atoms with Gasteiger partial charge in [0.15, 0.2) is 0 Å². The molecule has 0 unspecified atom stereocenters. The molecular weight excluding hydrogens is 328 g/mol. The van der Waals surface area contributed by atoms with E-state index in [0.29, 0.717) is 13.0 Å². The van der Waals surface area contributed by atoms with E-state index in [2.05, 4.69) is 6.58 Å². The van der Waals surface area contributed by atoms with Crippen LogP contribution in [-0.4, -0.2) is 30.4 Å². The summed E-state index contributed by atoms with van der Waals surface area (Å²) < 4.78 is 5.18. The largest absolute Gasteiger partial charge is 0.497 e.